The molecule has 1 aliphatic heterocycles. The van der Waals surface area contributed by atoms with E-state index in [4.69, 9.17) is 5.10 Å². The van der Waals surface area contributed by atoms with E-state index in [1.807, 2.05) is 53.3 Å². The molecule has 4 aromatic rings. The van der Waals surface area contributed by atoms with E-state index >= 15 is 0 Å². The van der Waals surface area contributed by atoms with Gasteiger partial charge < -0.3 is 10.2 Å². The highest BCUT2D eigenvalue weighted by atomic mass is 16.2. The van der Waals surface area contributed by atoms with E-state index in [9.17, 15) is 10.1 Å². The van der Waals surface area contributed by atoms with Crippen molar-refractivity contribution in [1.82, 2.24) is 39.4 Å². The number of pyridine rings is 1. The molecule has 0 aromatic carbocycles. The molecule has 2 fully saturated rings. The number of nitrogens with zero attached hydrogens (tertiary/aromatic N) is 9. The third-order valence-electron chi connectivity index (χ3n) is 6.60. The van der Waals surface area contributed by atoms with E-state index in [2.05, 4.69) is 31.4 Å². The molecule has 0 radical (unpaired) electrons. The first-order chi connectivity index (χ1) is 17.6. The molecule has 1 saturated heterocycles. The van der Waals surface area contributed by atoms with Gasteiger partial charge in [0.15, 0.2) is 0 Å². The zero-order valence-corrected chi connectivity index (χ0v) is 19.7. The van der Waals surface area contributed by atoms with E-state index in [1.165, 1.54) is 0 Å². The van der Waals surface area contributed by atoms with Crippen LogP contribution in [0.1, 0.15) is 36.2 Å². The Morgan fingerprint density at radius 3 is 2.86 bits per heavy atom. The van der Waals surface area contributed by atoms with Gasteiger partial charge in [-0.25, -0.2) is 9.97 Å². The normalized spacial score (nSPS) is 18.9. The number of rotatable bonds is 7. The van der Waals surface area contributed by atoms with Crippen LogP contribution in [0.15, 0.2) is 55.2 Å². The average Bonchev–Trinajstić information content (AvgIpc) is 3.48. The van der Waals surface area contributed by atoms with Gasteiger partial charge in [0.05, 0.1) is 47.8 Å². The van der Waals surface area contributed by atoms with Crippen LogP contribution in [-0.4, -0.2) is 51.9 Å². The van der Waals surface area contributed by atoms with Gasteiger partial charge in [0, 0.05) is 44.3 Å². The minimum atomic E-state index is -0.261. The lowest BCUT2D eigenvalue weighted by Crippen LogP contribution is -2.54. The van der Waals surface area contributed by atoms with E-state index in [0.29, 0.717) is 23.9 Å². The molecule has 4 aromatic heterocycles. The van der Waals surface area contributed by atoms with Gasteiger partial charge in [0.25, 0.3) is 0 Å². The predicted molar refractivity (Wildman–Crippen MR) is 130 cm³/mol. The highest BCUT2D eigenvalue weighted by molar-refractivity contribution is 5.82. The summed E-state index contributed by atoms with van der Waals surface area (Å²) in [5.74, 6) is 0.725. The van der Waals surface area contributed by atoms with E-state index < -0.39 is 0 Å². The Bertz CT molecular complexity index is 1460. The highest BCUT2D eigenvalue weighted by Gasteiger charge is 2.49. The summed E-state index contributed by atoms with van der Waals surface area (Å²) in [6.45, 7) is 0.557. The molecule has 180 valence electrons. The maximum absolute atomic E-state index is 13.0. The number of aryl methyl sites for hydroxylation is 1. The quantitative estimate of drug-likeness (QED) is 0.427. The van der Waals surface area contributed by atoms with Gasteiger partial charge in [-0.3, -0.25) is 19.1 Å². The molecule has 0 spiro atoms. The van der Waals surface area contributed by atoms with Gasteiger partial charge in [-0.2, -0.15) is 15.5 Å². The Balaban J connectivity index is 1.28. The van der Waals surface area contributed by atoms with Crippen LogP contribution < -0.4 is 5.32 Å². The predicted octanol–water partition coefficient (Wildman–Crippen LogP) is 2.81. The molecule has 11 nitrogen and oxygen atoms in total. The van der Waals surface area contributed by atoms with Crippen LogP contribution in [0.5, 0.6) is 0 Å². The fourth-order valence-corrected chi connectivity index (χ4v) is 4.62. The summed E-state index contributed by atoms with van der Waals surface area (Å²) in [7, 11) is 1.84. The molecule has 2 aliphatic rings. The summed E-state index contributed by atoms with van der Waals surface area (Å²) in [6.07, 6.45) is 11.0. The number of hydrogen-bond donors (Lipinski definition) is 1. The monoisotopic (exact) mass is 480 g/mol. The van der Waals surface area contributed by atoms with E-state index in [0.717, 1.165) is 29.8 Å². The molecule has 5 heterocycles. The summed E-state index contributed by atoms with van der Waals surface area (Å²) in [5, 5.41) is 21.4. The third kappa shape index (κ3) is 4.07. The minimum absolute atomic E-state index is 0.0800. The van der Waals surface area contributed by atoms with Crippen molar-refractivity contribution >= 4 is 17.5 Å². The number of nitrogens with one attached hydrogen (secondary N) is 1. The number of hydrogen-bond acceptors (Lipinski definition) is 8. The smallest absolute Gasteiger partial charge is 0.227 e. The molecule has 1 aliphatic carbocycles. The van der Waals surface area contributed by atoms with Crippen LogP contribution in [0.4, 0.5) is 11.6 Å². The van der Waals surface area contributed by atoms with Gasteiger partial charge in [-0.1, -0.05) is 6.07 Å². The zero-order chi connectivity index (χ0) is 24.6. The number of nitriles is 1. The molecular weight excluding hydrogens is 456 g/mol. The SMILES string of the molecule is Cn1cc(Nc2nccc(-c3ccn(C4CN(C(=O)C5CC5)C4c4ncccc4CC#N)n3)n2)cn1. The Labute approximate surface area is 207 Å². The lowest BCUT2D eigenvalue weighted by molar-refractivity contribution is -0.145. The second-order valence-electron chi connectivity index (χ2n) is 9.13. The van der Waals surface area contributed by atoms with Crippen LogP contribution >= 0.6 is 0 Å². The standard InChI is InChI=1S/C25H24N10O/c1-33-14-18(13-29-33)30-25-28-11-7-19(31-25)20-8-12-35(32-20)21-15-34(24(36)17-4-5-17)23(21)22-16(6-9-26)3-2-10-27-22/h2-3,7-8,10-14,17,21,23H,4-6,15H2,1H3,(H,28,30,31). The summed E-state index contributed by atoms with van der Waals surface area (Å²) >= 11 is 0. The first kappa shape index (κ1) is 21.9. The summed E-state index contributed by atoms with van der Waals surface area (Å²) < 4.78 is 3.58. The number of carbonyl (C=O) groups is 1. The first-order valence-electron chi connectivity index (χ1n) is 11.9. The molecular formula is C25H24N10O. The highest BCUT2D eigenvalue weighted by Crippen LogP contribution is 2.46. The lowest BCUT2D eigenvalue weighted by atomic mass is 9.89. The number of carbonyl (C=O) groups excluding carboxylic acids is 1. The fraction of sp³-hybridized carbons (Fsp3) is 0.320. The number of amides is 1. The maximum Gasteiger partial charge on any atom is 0.227 e. The van der Waals surface area contributed by atoms with Crippen molar-refractivity contribution in [3.05, 3.63) is 66.5 Å². The van der Waals surface area contributed by atoms with Crippen molar-refractivity contribution < 1.29 is 4.79 Å². The van der Waals surface area contributed by atoms with Crippen molar-refractivity contribution in [3.8, 4) is 17.5 Å². The number of aromatic nitrogens is 7. The topological polar surface area (TPSA) is 130 Å². The number of likely N-dealkylation sites (tertiary alicyclic amines) is 1. The second kappa shape index (κ2) is 8.88. The van der Waals surface area contributed by atoms with Crippen molar-refractivity contribution in [2.24, 2.45) is 13.0 Å². The zero-order valence-electron chi connectivity index (χ0n) is 19.7. The van der Waals surface area contributed by atoms with Crippen molar-refractivity contribution in [1.29, 1.82) is 5.26 Å². The molecule has 11 heteroatoms. The van der Waals surface area contributed by atoms with Gasteiger partial charge in [-0.05, 0) is 36.6 Å². The van der Waals surface area contributed by atoms with E-state index in [1.54, 1.807) is 23.3 Å². The number of anilines is 2. The van der Waals surface area contributed by atoms with Crippen LogP contribution in [0.3, 0.4) is 0 Å². The van der Waals surface area contributed by atoms with Gasteiger partial charge in [-0.15, -0.1) is 0 Å². The Morgan fingerprint density at radius 2 is 2.08 bits per heavy atom. The second-order valence-corrected chi connectivity index (χ2v) is 9.13. The van der Waals surface area contributed by atoms with E-state index in [-0.39, 0.29) is 30.3 Å². The van der Waals surface area contributed by atoms with Gasteiger partial charge in [0.1, 0.15) is 5.69 Å². The molecule has 1 N–H and O–H groups in total. The summed E-state index contributed by atoms with van der Waals surface area (Å²) in [4.78, 5) is 28.4. The molecule has 0 bridgehead atoms. The summed E-state index contributed by atoms with van der Waals surface area (Å²) in [6, 6.07) is 9.34. The van der Waals surface area contributed by atoms with Crippen molar-refractivity contribution in [2.45, 2.75) is 31.3 Å². The largest absolute Gasteiger partial charge is 0.329 e. The molecule has 6 rings (SSSR count). The molecule has 36 heavy (non-hydrogen) atoms. The Morgan fingerprint density at radius 1 is 1.19 bits per heavy atom. The Hall–Kier alpha value is -4.59. The summed E-state index contributed by atoms with van der Waals surface area (Å²) in [5.41, 5.74) is 3.79. The van der Waals surface area contributed by atoms with Crippen LogP contribution in [-0.2, 0) is 18.3 Å². The minimum Gasteiger partial charge on any atom is -0.329 e. The molecule has 2 atom stereocenters. The first-order valence-corrected chi connectivity index (χ1v) is 11.9. The third-order valence-corrected chi connectivity index (χ3v) is 6.60. The molecule has 1 amide bonds. The average molecular weight is 481 g/mol. The lowest BCUT2D eigenvalue weighted by Gasteiger charge is -2.48. The molecule has 2 unspecified atom stereocenters. The van der Waals surface area contributed by atoms with Crippen LogP contribution in [0.25, 0.3) is 11.4 Å². The van der Waals surface area contributed by atoms with Crippen molar-refractivity contribution in [2.75, 3.05) is 11.9 Å². The van der Waals surface area contributed by atoms with Crippen molar-refractivity contribution in [3.63, 3.8) is 0 Å². The van der Waals surface area contributed by atoms with Crippen LogP contribution in [0.2, 0.25) is 0 Å². The van der Waals surface area contributed by atoms with Gasteiger partial charge in [0.2, 0.25) is 11.9 Å². The van der Waals surface area contributed by atoms with Gasteiger partial charge >= 0.3 is 0 Å². The van der Waals surface area contributed by atoms with Crippen LogP contribution in [0, 0.1) is 17.2 Å². The fourth-order valence-electron chi connectivity index (χ4n) is 4.62. The Kier molecular flexibility index (Phi) is 5.41. The molecule has 1 saturated carbocycles. The maximum atomic E-state index is 13.0.